The van der Waals surface area contributed by atoms with Crippen LogP contribution >= 0.6 is 11.3 Å². The lowest BCUT2D eigenvalue weighted by Gasteiger charge is -2.11. The van der Waals surface area contributed by atoms with Gasteiger partial charge in [0.15, 0.2) is 17.3 Å². The second kappa shape index (κ2) is 7.05. The molecule has 0 aliphatic heterocycles. The molecule has 0 aliphatic carbocycles. The summed E-state index contributed by atoms with van der Waals surface area (Å²) in [6.45, 7) is 4.92. The largest absolute Gasteiger partial charge is 0.490 e. The van der Waals surface area contributed by atoms with Crippen LogP contribution in [0.25, 0.3) is 0 Å². The molecule has 0 atom stereocenters. The standard InChI is InChI=1S/C15H17NO3S/c1-3-18-14-6-5-11(7-15(14)19-4-2)13(17)8-12-9-16-10-20-12/h5-7,9-10H,3-4,8H2,1-2H3. The van der Waals surface area contributed by atoms with E-state index in [-0.39, 0.29) is 5.78 Å². The third-order valence-electron chi connectivity index (χ3n) is 2.68. The van der Waals surface area contributed by atoms with Crippen LogP contribution in [0.4, 0.5) is 0 Å². The Morgan fingerprint density at radius 1 is 1.20 bits per heavy atom. The number of carbonyl (C=O) groups is 1. The summed E-state index contributed by atoms with van der Waals surface area (Å²) >= 11 is 1.48. The first-order chi connectivity index (χ1) is 9.74. The minimum Gasteiger partial charge on any atom is -0.490 e. The molecular weight excluding hydrogens is 274 g/mol. The van der Waals surface area contributed by atoms with Crippen molar-refractivity contribution >= 4 is 17.1 Å². The Kier molecular flexibility index (Phi) is 5.12. The second-order valence-corrected chi connectivity index (χ2v) is 5.07. The van der Waals surface area contributed by atoms with Gasteiger partial charge in [-0.2, -0.15) is 0 Å². The van der Waals surface area contributed by atoms with Gasteiger partial charge >= 0.3 is 0 Å². The van der Waals surface area contributed by atoms with Crippen molar-refractivity contribution in [1.29, 1.82) is 0 Å². The van der Waals surface area contributed by atoms with Crippen molar-refractivity contribution in [2.24, 2.45) is 0 Å². The fourth-order valence-corrected chi connectivity index (χ4v) is 2.41. The van der Waals surface area contributed by atoms with Gasteiger partial charge in [-0.3, -0.25) is 9.78 Å². The van der Waals surface area contributed by atoms with Gasteiger partial charge in [-0.15, -0.1) is 11.3 Å². The highest BCUT2D eigenvalue weighted by molar-refractivity contribution is 7.09. The van der Waals surface area contributed by atoms with Gasteiger partial charge in [-0.05, 0) is 32.0 Å². The molecule has 1 heterocycles. The van der Waals surface area contributed by atoms with Gasteiger partial charge in [-0.1, -0.05) is 0 Å². The first-order valence-corrected chi connectivity index (χ1v) is 7.42. The normalized spacial score (nSPS) is 10.3. The number of nitrogens with zero attached hydrogens (tertiary/aromatic N) is 1. The second-order valence-electron chi connectivity index (χ2n) is 4.10. The van der Waals surface area contributed by atoms with E-state index in [0.29, 0.717) is 36.7 Å². The van der Waals surface area contributed by atoms with Crippen molar-refractivity contribution in [2.75, 3.05) is 13.2 Å². The van der Waals surface area contributed by atoms with Gasteiger partial charge in [0.2, 0.25) is 0 Å². The molecule has 0 radical (unpaired) electrons. The Labute approximate surface area is 122 Å². The molecule has 0 unspecified atom stereocenters. The van der Waals surface area contributed by atoms with Gasteiger partial charge in [0.25, 0.3) is 0 Å². The molecule has 0 N–H and O–H groups in total. The van der Waals surface area contributed by atoms with Crippen LogP contribution in [-0.2, 0) is 6.42 Å². The van der Waals surface area contributed by atoms with Crippen molar-refractivity contribution in [1.82, 2.24) is 4.98 Å². The van der Waals surface area contributed by atoms with Crippen LogP contribution in [0.5, 0.6) is 11.5 Å². The van der Waals surface area contributed by atoms with Crippen molar-refractivity contribution in [3.63, 3.8) is 0 Å². The van der Waals surface area contributed by atoms with Crippen molar-refractivity contribution in [2.45, 2.75) is 20.3 Å². The van der Waals surface area contributed by atoms with Crippen molar-refractivity contribution in [3.8, 4) is 11.5 Å². The summed E-state index contributed by atoms with van der Waals surface area (Å²) < 4.78 is 11.0. The highest BCUT2D eigenvalue weighted by Gasteiger charge is 2.12. The summed E-state index contributed by atoms with van der Waals surface area (Å²) in [6.07, 6.45) is 2.09. The average molecular weight is 291 g/mol. The summed E-state index contributed by atoms with van der Waals surface area (Å²) in [5.74, 6) is 1.34. The number of ether oxygens (including phenoxy) is 2. The van der Waals surface area contributed by atoms with Crippen LogP contribution in [0.2, 0.25) is 0 Å². The van der Waals surface area contributed by atoms with E-state index >= 15 is 0 Å². The van der Waals surface area contributed by atoms with E-state index in [4.69, 9.17) is 9.47 Å². The fourth-order valence-electron chi connectivity index (χ4n) is 1.81. The number of hydrogen-bond donors (Lipinski definition) is 0. The molecule has 0 bridgehead atoms. The van der Waals surface area contributed by atoms with Crippen LogP contribution in [0, 0.1) is 0 Å². The molecule has 0 aliphatic rings. The van der Waals surface area contributed by atoms with Crippen LogP contribution in [-0.4, -0.2) is 24.0 Å². The quantitative estimate of drug-likeness (QED) is 0.734. The Balaban J connectivity index is 2.19. The monoisotopic (exact) mass is 291 g/mol. The number of Topliss-reactive ketones (excluding diaryl/α,β-unsaturated/α-hetero) is 1. The average Bonchev–Trinajstić information content (AvgIpc) is 2.94. The lowest BCUT2D eigenvalue weighted by Crippen LogP contribution is -2.05. The molecule has 0 fully saturated rings. The van der Waals surface area contributed by atoms with Crippen molar-refractivity contribution in [3.05, 3.63) is 40.3 Å². The van der Waals surface area contributed by atoms with Crippen LogP contribution in [0.15, 0.2) is 29.9 Å². The topological polar surface area (TPSA) is 48.4 Å². The first kappa shape index (κ1) is 14.5. The fraction of sp³-hybridized carbons (Fsp3) is 0.333. The third-order valence-corrected chi connectivity index (χ3v) is 3.46. The van der Waals surface area contributed by atoms with E-state index in [2.05, 4.69) is 4.98 Å². The number of aromatic nitrogens is 1. The number of thiazole rings is 1. The summed E-state index contributed by atoms with van der Waals surface area (Å²) in [5, 5.41) is 0. The number of benzene rings is 1. The smallest absolute Gasteiger partial charge is 0.168 e. The number of carbonyl (C=O) groups excluding carboxylic acids is 1. The maximum Gasteiger partial charge on any atom is 0.168 e. The Bertz CT molecular complexity index is 567. The molecule has 0 saturated heterocycles. The Morgan fingerprint density at radius 2 is 1.95 bits per heavy atom. The SMILES string of the molecule is CCOc1ccc(C(=O)Cc2cncs2)cc1OCC. The molecule has 5 heteroatoms. The molecular formula is C15H17NO3S. The molecule has 0 spiro atoms. The lowest BCUT2D eigenvalue weighted by molar-refractivity contribution is 0.0993. The van der Waals surface area contributed by atoms with E-state index < -0.39 is 0 Å². The predicted molar refractivity (Wildman–Crippen MR) is 78.9 cm³/mol. The number of rotatable bonds is 7. The Hall–Kier alpha value is -1.88. The maximum absolute atomic E-state index is 12.2. The number of hydrogen-bond acceptors (Lipinski definition) is 5. The molecule has 0 saturated carbocycles. The van der Waals surface area contributed by atoms with E-state index in [1.807, 2.05) is 13.8 Å². The van der Waals surface area contributed by atoms with Gasteiger partial charge in [0.05, 0.1) is 18.7 Å². The molecule has 0 amide bonds. The first-order valence-electron chi connectivity index (χ1n) is 6.54. The zero-order valence-corrected chi connectivity index (χ0v) is 12.4. The molecule has 20 heavy (non-hydrogen) atoms. The van der Waals surface area contributed by atoms with E-state index in [0.717, 1.165) is 4.88 Å². The molecule has 2 aromatic rings. The molecule has 1 aromatic carbocycles. The van der Waals surface area contributed by atoms with Crippen LogP contribution in [0.3, 0.4) is 0 Å². The molecule has 2 rings (SSSR count). The number of ketones is 1. The molecule has 106 valence electrons. The van der Waals surface area contributed by atoms with Gasteiger partial charge in [-0.25, -0.2) is 0 Å². The summed E-state index contributed by atoms with van der Waals surface area (Å²) in [6, 6.07) is 5.31. The molecule has 1 aromatic heterocycles. The minimum atomic E-state index is 0.0539. The summed E-state index contributed by atoms with van der Waals surface area (Å²) in [4.78, 5) is 17.2. The highest BCUT2D eigenvalue weighted by atomic mass is 32.1. The van der Waals surface area contributed by atoms with Gasteiger partial charge in [0, 0.05) is 23.1 Å². The Morgan fingerprint density at radius 3 is 2.60 bits per heavy atom. The molecule has 4 nitrogen and oxygen atoms in total. The zero-order chi connectivity index (χ0) is 14.4. The summed E-state index contributed by atoms with van der Waals surface area (Å²) in [5.41, 5.74) is 2.36. The zero-order valence-electron chi connectivity index (χ0n) is 11.6. The third kappa shape index (κ3) is 3.57. The lowest BCUT2D eigenvalue weighted by atomic mass is 10.1. The van der Waals surface area contributed by atoms with Gasteiger partial charge < -0.3 is 9.47 Å². The maximum atomic E-state index is 12.2. The van der Waals surface area contributed by atoms with E-state index in [1.165, 1.54) is 11.3 Å². The van der Waals surface area contributed by atoms with Crippen LogP contribution in [0.1, 0.15) is 29.1 Å². The van der Waals surface area contributed by atoms with E-state index in [9.17, 15) is 4.79 Å². The predicted octanol–water partition coefficient (Wildman–Crippen LogP) is 3.37. The van der Waals surface area contributed by atoms with E-state index in [1.54, 1.807) is 29.9 Å². The highest BCUT2D eigenvalue weighted by Crippen LogP contribution is 2.29. The van der Waals surface area contributed by atoms with Crippen LogP contribution < -0.4 is 9.47 Å². The summed E-state index contributed by atoms with van der Waals surface area (Å²) in [7, 11) is 0. The minimum absolute atomic E-state index is 0.0539. The van der Waals surface area contributed by atoms with Gasteiger partial charge in [0.1, 0.15) is 0 Å². The van der Waals surface area contributed by atoms with Crippen molar-refractivity contribution < 1.29 is 14.3 Å².